The van der Waals surface area contributed by atoms with E-state index >= 15 is 0 Å². The van der Waals surface area contributed by atoms with E-state index in [-0.39, 0.29) is 18.2 Å². The summed E-state index contributed by atoms with van der Waals surface area (Å²) in [6.07, 6.45) is -0.948. The third-order valence-electron chi connectivity index (χ3n) is 2.94. The number of aryl methyl sites for hydroxylation is 1. The first-order chi connectivity index (χ1) is 10.5. The van der Waals surface area contributed by atoms with Crippen LogP contribution in [-0.2, 0) is 0 Å². The minimum absolute atomic E-state index is 0.00315. The van der Waals surface area contributed by atoms with Gasteiger partial charge in [0.2, 0.25) is 0 Å². The molecule has 0 aliphatic rings. The van der Waals surface area contributed by atoms with Crippen molar-refractivity contribution in [2.75, 3.05) is 6.54 Å². The molecule has 8 heteroatoms. The fourth-order valence-electron chi connectivity index (χ4n) is 1.78. The van der Waals surface area contributed by atoms with E-state index in [1.165, 1.54) is 35.8 Å². The van der Waals surface area contributed by atoms with Gasteiger partial charge in [-0.25, -0.2) is 0 Å². The molecule has 2 rings (SSSR count). The molecule has 0 spiro atoms. The Morgan fingerprint density at radius 2 is 2.09 bits per heavy atom. The van der Waals surface area contributed by atoms with E-state index in [0.29, 0.717) is 16.8 Å². The zero-order valence-electron chi connectivity index (χ0n) is 11.6. The first kappa shape index (κ1) is 16.3. The van der Waals surface area contributed by atoms with E-state index in [1.807, 2.05) is 0 Å². The van der Waals surface area contributed by atoms with Crippen LogP contribution in [0.2, 0.25) is 0 Å². The lowest BCUT2D eigenvalue weighted by Gasteiger charge is -2.13. The smallest absolute Gasteiger partial charge is 0.387 e. The maximum Gasteiger partial charge on any atom is 0.387 e. The predicted molar refractivity (Wildman–Crippen MR) is 77.2 cm³/mol. The summed E-state index contributed by atoms with van der Waals surface area (Å²) in [7, 11) is 0. The molecule has 2 N–H and O–H groups in total. The number of hydrogen-bond acceptors (Lipinski definition) is 5. The maximum atomic E-state index is 12.0. The molecule has 0 aliphatic carbocycles. The summed E-state index contributed by atoms with van der Waals surface area (Å²) >= 11 is 1.18. The normalized spacial score (nSPS) is 12.2. The first-order valence-electron chi connectivity index (χ1n) is 6.39. The summed E-state index contributed by atoms with van der Waals surface area (Å²) in [6, 6.07) is 5.59. The van der Waals surface area contributed by atoms with E-state index in [4.69, 9.17) is 0 Å². The number of aliphatic hydroxyl groups is 1. The molecule has 0 bridgehead atoms. The minimum Gasteiger partial charge on any atom is -0.435 e. The van der Waals surface area contributed by atoms with Crippen molar-refractivity contribution >= 4 is 17.4 Å². The summed E-state index contributed by atoms with van der Waals surface area (Å²) in [5.41, 5.74) is 1.59. The second kappa shape index (κ2) is 7.28. The van der Waals surface area contributed by atoms with Gasteiger partial charge in [0.15, 0.2) is 0 Å². The average Bonchev–Trinajstić information content (AvgIpc) is 2.91. The highest BCUT2D eigenvalue weighted by molar-refractivity contribution is 7.03. The zero-order chi connectivity index (χ0) is 16.1. The topological polar surface area (TPSA) is 71.5 Å². The van der Waals surface area contributed by atoms with Gasteiger partial charge in [0.25, 0.3) is 5.91 Å². The molecule has 0 aliphatic heterocycles. The van der Waals surface area contributed by atoms with Gasteiger partial charge in [0, 0.05) is 11.9 Å². The number of aromatic nitrogens is 1. The lowest BCUT2D eigenvalue weighted by molar-refractivity contribution is -0.0498. The standard InChI is InChI=1S/C14H14F2N2O3S/c1-8-11(7-22-18-8)13(20)17-6-12(19)9-2-4-10(5-3-9)21-14(15)16/h2-5,7,12,14,19H,6H2,1H3,(H,17,20). The Hall–Kier alpha value is -2.06. The van der Waals surface area contributed by atoms with Gasteiger partial charge in [-0.15, -0.1) is 0 Å². The monoisotopic (exact) mass is 328 g/mol. The van der Waals surface area contributed by atoms with Gasteiger partial charge in [-0.2, -0.15) is 13.2 Å². The number of hydrogen-bond donors (Lipinski definition) is 2. The van der Waals surface area contributed by atoms with Gasteiger partial charge in [-0.3, -0.25) is 4.79 Å². The quantitative estimate of drug-likeness (QED) is 0.855. The molecule has 1 amide bonds. The number of carbonyl (C=O) groups excluding carboxylic acids is 1. The van der Waals surface area contributed by atoms with Crippen LogP contribution >= 0.6 is 11.5 Å². The lowest BCUT2D eigenvalue weighted by Crippen LogP contribution is -2.28. The summed E-state index contributed by atoms with van der Waals surface area (Å²) < 4.78 is 32.3. The highest BCUT2D eigenvalue weighted by Gasteiger charge is 2.14. The van der Waals surface area contributed by atoms with Crippen LogP contribution in [0.4, 0.5) is 8.78 Å². The predicted octanol–water partition coefficient (Wildman–Crippen LogP) is 2.52. The van der Waals surface area contributed by atoms with Gasteiger partial charge < -0.3 is 15.2 Å². The molecule has 5 nitrogen and oxygen atoms in total. The summed E-state index contributed by atoms with van der Waals surface area (Å²) in [5, 5.41) is 14.2. The van der Waals surface area contributed by atoms with Crippen LogP contribution in [0, 0.1) is 6.92 Å². The number of rotatable bonds is 6. The number of halogens is 2. The molecule has 1 heterocycles. The Labute approximate surface area is 129 Å². The van der Waals surface area contributed by atoms with Gasteiger partial charge in [-0.05, 0) is 36.2 Å². The van der Waals surface area contributed by atoms with Crippen LogP contribution in [0.1, 0.15) is 27.7 Å². The van der Waals surface area contributed by atoms with Crippen molar-refractivity contribution < 1.29 is 23.4 Å². The Kier molecular flexibility index (Phi) is 5.40. The zero-order valence-corrected chi connectivity index (χ0v) is 12.4. The Morgan fingerprint density at radius 3 is 2.64 bits per heavy atom. The van der Waals surface area contributed by atoms with Crippen LogP contribution in [-0.4, -0.2) is 28.5 Å². The minimum atomic E-state index is -2.89. The molecule has 1 unspecified atom stereocenters. The highest BCUT2D eigenvalue weighted by Crippen LogP contribution is 2.19. The first-order valence-corrected chi connectivity index (χ1v) is 7.23. The van der Waals surface area contributed by atoms with Crippen molar-refractivity contribution in [3.63, 3.8) is 0 Å². The molecule has 2 aromatic rings. The van der Waals surface area contributed by atoms with Crippen molar-refractivity contribution in [2.45, 2.75) is 19.6 Å². The van der Waals surface area contributed by atoms with E-state index in [2.05, 4.69) is 14.4 Å². The van der Waals surface area contributed by atoms with Crippen LogP contribution < -0.4 is 10.1 Å². The number of carbonyl (C=O) groups is 1. The number of ether oxygens (including phenoxy) is 1. The second-order valence-electron chi connectivity index (χ2n) is 4.49. The van der Waals surface area contributed by atoms with Crippen molar-refractivity contribution in [3.05, 3.63) is 46.5 Å². The largest absolute Gasteiger partial charge is 0.435 e. The molecule has 0 radical (unpaired) electrons. The van der Waals surface area contributed by atoms with Crippen LogP contribution in [0.15, 0.2) is 29.6 Å². The van der Waals surface area contributed by atoms with Crippen LogP contribution in [0.5, 0.6) is 5.75 Å². The number of benzene rings is 1. The summed E-state index contributed by atoms with van der Waals surface area (Å²) in [4.78, 5) is 11.9. The molecule has 1 atom stereocenters. The molecule has 0 saturated carbocycles. The van der Waals surface area contributed by atoms with E-state index < -0.39 is 12.7 Å². The van der Waals surface area contributed by atoms with E-state index in [0.717, 1.165) is 0 Å². The van der Waals surface area contributed by atoms with Gasteiger partial charge in [0.05, 0.1) is 17.4 Å². The molecule has 1 aromatic heterocycles. The van der Waals surface area contributed by atoms with Gasteiger partial charge in [-0.1, -0.05) is 12.1 Å². The van der Waals surface area contributed by atoms with E-state index in [1.54, 1.807) is 12.3 Å². The van der Waals surface area contributed by atoms with E-state index in [9.17, 15) is 18.7 Å². The maximum absolute atomic E-state index is 12.0. The third-order valence-corrected chi connectivity index (χ3v) is 3.66. The third kappa shape index (κ3) is 4.22. The van der Waals surface area contributed by atoms with Crippen LogP contribution in [0.3, 0.4) is 0 Å². The second-order valence-corrected chi connectivity index (χ2v) is 5.12. The molecule has 118 valence electrons. The SMILES string of the molecule is Cc1nscc1C(=O)NCC(O)c1ccc(OC(F)F)cc1. The molecule has 22 heavy (non-hydrogen) atoms. The Morgan fingerprint density at radius 1 is 1.41 bits per heavy atom. The highest BCUT2D eigenvalue weighted by atomic mass is 32.1. The number of amides is 1. The fourth-order valence-corrected chi connectivity index (χ4v) is 2.48. The fraction of sp³-hybridized carbons (Fsp3) is 0.286. The Balaban J connectivity index is 1.90. The molecular formula is C14H14F2N2O3S. The number of nitrogens with zero attached hydrogens (tertiary/aromatic N) is 1. The number of alkyl halides is 2. The lowest BCUT2D eigenvalue weighted by atomic mass is 10.1. The van der Waals surface area contributed by atoms with Crippen LogP contribution in [0.25, 0.3) is 0 Å². The van der Waals surface area contributed by atoms with Gasteiger partial charge in [0.1, 0.15) is 5.75 Å². The number of nitrogens with one attached hydrogen (secondary N) is 1. The van der Waals surface area contributed by atoms with Gasteiger partial charge >= 0.3 is 6.61 Å². The summed E-state index contributed by atoms with van der Waals surface area (Å²) in [5.74, 6) is -0.307. The molecule has 1 aromatic carbocycles. The van der Waals surface area contributed by atoms with Crippen molar-refractivity contribution in [3.8, 4) is 5.75 Å². The average molecular weight is 328 g/mol. The molecular weight excluding hydrogens is 314 g/mol. The summed E-state index contributed by atoms with van der Waals surface area (Å²) in [6.45, 7) is -1.16. The molecule has 0 saturated heterocycles. The number of aliphatic hydroxyl groups excluding tert-OH is 1. The van der Waals surface area contributed by atoms with Crippen molar-refractivity contribution in [1.82, 2.24) is 9.69 Å². The van der Waals surface area contributed by atoms with Crippen molar-refractivity contribution in [2.24, 2.45) is 0 Å². The van der Waals surface area contributed by atoms with Crippen molar-refractivity contribution in [1.29, 1.82) is 0 Å². The Bertz CT molecular complexity index is 631. The molecule has 0 fully saturated rings.